The molecule has 10 nitrogen and oxygen atoms in total. The predicted molar refractivity (Wildman–Crippen MR) is 133 cm³/mol. The molecule has 0 radical (unpaired) electrons. The van der Waals surface area contributed by atoms with E-state index in [1.807, 2.05) is 13.8 Å². The van der Waals surface area contributed by atoms with Crippen LogP contribution in [0.1, 0.15) is 41.0 Å². The summed E-state index contributed by atoms with van der Waals surface area (Å²) in [4.78, 5) is 25.1. The average Bonchev–Trinajstić information content (AvgIpc) is 2.85. The second-order valence-corrected chi connectivity index (χ2v) is 9.83. The first-order valence-electron chi connectivity index (χ1n) is 12.6. The first-order valence-corrected chi connectivity index (χ1v) is 13.0. The Balaban J connectivity index is 1.90. The van der Waals surface area contributed by atoms with Gasteiger partial charge in [0.25, 0.3) is 0 Å². The number of rotatable bonds is 8. The molecule has 0 aromatic heterocycles. The lowest BCUT2D eigenvalue weighted by Crippen LogP contribution is -2.69. The van der Waals surface area contributed by atoms with Gasteiger partial charge in [-0.1, -0.05) is 32.0 Å². The van der Waals surface area contributed by atoms with Gasteiger partial charge in [0.2, 0.25) is 0 Å². The van der Waals surface area contributed by atoms with Crippen molar-refractivity contribution in [3.05, 3.63) is 30.3 Å². The van der Waals surface area contributed by atoms with Gasteiger partial charge in [-0.05, 0) is 32.4 Å². The molecule has 202 valence electrons. The van der Waals surface area contributed by atoms with Gasteiger partial charge in [0.15, 0.2) is 18.5 Å². The Hall–Kier alpha value is -1.65. The molecule has 11 atom stereocenters. The van der Waals surface area contributed by atoms with Crippen molar-refractivity contribution >= 4 is 21.2 Å². The van der Waals surface area contributed by atoms with E-state index < -0.39 is 66.5 Å². The Morgan fingerprint density at radius 1 is 1.25 bits per heavy atom. The number of aliphatic hydroxyl groups is 2. The molecule has 0 amide bonds. The zero-order valence-corrected chi connectivity index (χ0v) is 22.4. The van der Waals surface area contributed by atoms with Gasteiger partial charge in [-0.2, -0.15) is 0 Å². The van der Waals surface area contributed by atoms with Crippen molar-refractivity contribution < 1.29 is 44.9 Å². The molecule has 2 aliphatic rings. The molecule has 2 saturated heterocycles. The zero-order valence-electron chi connectivity index (χ0n) is 22.3. The van der Waals surface area contributed by atoms with Gasteiger partial charge < -0.3 is 39.2 Å². The number of hydrogen-bond donors (Lipinski definition) is 3. The van der Waals surface area contributed by atoms with Crippen LogP contribution in [-0.4, -0.2) is 83.0 Å². The Morgan fingerprint density at radius 2 is 1.92 bits per heavy atom. The zero-order chi connectivity index (χ0) is 27.5. The first kappa shape index (κ1) is 27.4. The highest BCUT2D eigenvalue weighted by atomic mass is 31.0. The Kier molecular flexibility index (Phi) is 9.33. The van der Waals surface area contributed by atoms with Crippen molar-refractivity contribution in [2.75, 3.05) is 6.29 Å². The number of para-hydroxylation sites is 1. The molecule has 5 unspecified atom stereocenters. The number of esters is 2. The molecule has 0 bridgehead atoms. The molecule has 2 heterocycles. The van der Waals surface area contributed by atoms with Gasteiger partial charge in [0, 0.05) is 19.1 Å². The fraction of sp³-hybridized carbons (Fsp3) is 0.680. The maximum absolute atomic E-state index is 13.0. The summed E-state index contributed by atoms with van der Waals surface area (Å²) < 4.78 is 37.6. The Morgan fingerprint density at radius 3 is 2.50 bits per heavy atom. The van der Waals surface area contributed by atoms with E-state index >= 15 is 0 Å². The number of carbonyl (C=O) groups is 2. The fourth-order valence-corrected chi connectivity index (χ4v) is 5.00. The largest absolute Gasteiger partial charge is 0.456 e. The predicted octanol–water partition coefficient (Wildman–Crippen LogP) is 1.37. The van der Waals surface area contributed by atoms with Gasteiger partial charge in [0.1, 0.15) is 18.9 Å². The highest BCUT2D eigenvalue weighted by Gasteiger charge is 2.59. The molecule has 2 fully saturated rings. The summed E-state index contributed by atoms with van der Waals surface area (Å²) in [5.74, 6) is -1.66. The van der Waals surface area contributed by atoms with Crippen LogP contribution >= 0.6 is 9.24 Å². The van der Waals surface area contributed by atoms with E-state index in [2.05, 4.69) is 9.24 Å². The molecule has 0 aliphatic carbocycles. The van der Waals surface area contributed by atoms with Gasteiger partial charge in [-0.25, -0.2) is 4.79 Å². The molecular formula is C25H38NO9P. The SMILES string of the molecule is [3H]N(CP)C1[C@H](OC2[C@H](C)OC(C(=O)Oc3ccccc3)[C@@](C)(O)[C@@H]2OC(C)=O)OC(CC)[C@H](O)[C@@H]1C. The molecule has 0 saturated carbocycles. The van der Waals surface area contributed by atoms with E-state index in [-0.39, 0.29) is 18.0 Å². The van der Waals surface area contributed by atoms with Crippen molar-refractivity contribution in [2.24, 2.45) is 5.92 Å². The van der Waals surface area contributed by atoms with Crippen molar-refractivity contribution in [2.45, 2.75) is 95.6 Å². The van der Waals surface area contributed by atoms with E-state index in [0.29, 0.717) is 6.42 Å². The van der Waals surface area contributed by atoms with E-state index in [1.54, 1.807) is 37.3 Å². The summed E-state index contributed by atoms with van der Waals surface area (Å²) in [6.07, 6.45) is -6.34. The molecule has 3 N–H and O–H groups in total. The minimum Gasteiger partial charge on any atom is -0.456 e. The van der Waals surface area contributed by atoms with Crippen LogP contribution in [0, 0.1) is 5.92 Å². The average molecular weight is 530 g/mol. The van der Waals surface area contributed by atoms with Crippen LogP contribution in [0.3, 0.4) is 0 Å². The third-order valence-corrected chi connectivity index (χ3v) is 6.95. The van der Waals surface area contributed by atoms with Gasteiger partial charge >= 0.3 is 11.9 Å². The molecule has 1 aromatic rings. The van der Waals surface area contributed by atoms with E-state index in [9.17, 15) is 19.8 Å². The smallest absolute Gasteiger partial charge is 0.343 e. The lowest BCUT2D eigenvalue weighted by Gasteiger charge is -2.50. The molecule has 1 aromatic carbocycles. The molecule has 11 heteroatoms. The molecule has 0 spiro atoms. The molecule has 3 rings (SSSR count). The quantitative estimate of drug-likeness (QED) is 0.258. The summed E-state index contributed by atoms with van der Waals surface area (Å²) in [6.45, 7) is 7.82. The minimum atomic E-state index is -2.03. The van der Waals surface area contributed by atoms with Crippen LogP contribution in [0.15, 0.2) is 30.3 Å². The van der Waals surface area contributed by atoms with Crippen LogP contribution in [0.2, 0.25) is 1.41 Å². The maximum atomic E-state index is 13.0. The van der Waals surface area contributed by atoms with Gasteiger partial charge in [0.05, 0.1) is 24.4 Å². The highest BCUT2D eigenvalue weighted by molar-refractivity contribution is 7.16. The normalized spacial score (nSPS) is 39.4. The van der Waals surface area contributed by atoms with E-state index in [0.717, 1.165) is 0 Å². The van der Waals surface area contributed by atoms with Crippen LogP contribution in [0.5, 0.6) is 5.75 Å². The second kappa shape index (κ2) is 12.3. The summed E-state index contributed by atoms with van der Waals surface area (Å²) >= 11 is 0. The summed E-state index contributed by atoms with van der Waals surface area (Å²) in [5, 5.41) is 23.5. The van der Waals surface area contributed by atoms with Gasteiger partial charge in [-0.3, -0.25) is 4.79 Å². The maximum Gasteiger partial charge on any atom is 0.343 e. The molecule has 36 heavy (non-hydrogen) atoms. The summed E-state index contributed by atoms with van der Waals surface area (Å²) in [7, 11) is 2.45. The third-order valence-electron chi connectivity index (χ3n) is 6.74. The van der Waals surface area contributed by atoms with E-state index in [1.165, 1.54) is 19.2 Å². The monoisotopic (exact) mass is 529 g/mol. The van der Waals surface area contributed by atoms with E-state index in [4.69, 9.17) is 25.1 Å². The van der Waals surface area contributed by atoms with Crippen molar-refractivity contribution in [1.82, 2.24) is 5.31 Å². The Bertz CT molecular complexity index is 923. The van der Waals surface area contributed by atoms with Gasteiger partial charge in [-0.15, -0.1) is 9.24 Å². The number of aliphatic hydroxyl groups excluding tert-OH is 1. The molecular weight excluding hydrogens is 489 g/mol. The lowest BCUT2D eigenvalue weighted by molar-refractivity contribution is -0.324. The summed E-state index contributed by atoms with van der Waals surface area (Å²) in [6, 6.07) is 7.67. The minimum absolute atomic E-state index is 0.261. The third kappa shape index (κ3) is 6.25. The Labute approximate surface area is 215 Å². The number of benzene rings is 1. The first-order chi connectivity index (χ1) is 17.4. The lowest BCUT2D eigenvalue weighted by atomic mass is 9.83. The van der Waals surface area contributed by atoms with Crippen LogP contribution in [-0.2, 0) is 28.5 Å². The topological polar surface area (TPSA) is 133 Å². The van der Waals surface area contributed by atoms with Crippen molar-refractivity contribution in [3.8, 4) is 5.75 Å². The summed E-state index contributed by atoms with van der Waals surface area (Å²) in [5.41, 5.74) is -2.03. The standard InChI is InChI=1S/C25H38NO9P/c1-6-17-19(28)13(2)18(26-12-36)24(34-17)35-20-14(3)31-22(25(5,30)21(20)32-15(4)27)23(29)33-16-10-8-7-9-11-16/h7-11,13-14,17-22,24,26,28,30H,6,12,36H2,1-5H3/t13-,14+,17?,18?,19-,20?,21-,22?,24+,25+/m1/s1/i/hT. The second-order valence-electron chi connectivity index (χ2n) is 9.47. The van der Waals surface area contributed by atoms with Crippen LogP contribution < -0.4 is 10.0 Å². The number of nitrogens with one attached hydrogen (secondary N) is 1. The number of ether oxygens (including phenoxy) is 5. The van der Waals surface area contributed by atoms with Crippen molar-refractivity contribution in [1.29, 1.82) is 0 Å². The highest BCUT2D eigenvalue weighted by Crippen LogP contribution is 2.37. The number of hydrogen-bond acceptors (Lipinski definition) is 10. The number of carbonyl (C=O) groups excluding carboxylic acids is 2. The van der Waals surface area contributed by atoms with Crippen LogP contribution in [0.25, 0.3) is 0 Å². The van der Waals surface area contributed by atoms with Crippen LogP contribution in [0.4, 0.5) is 0 Å². The fourth-order valence-electron chi connectivity index (χ4n) is 4.76. The molecule has 2 aliphatic heterocycles. The van der Waals surface area contributed by atoms with Crippen molar-refractivity contribution in [3.63, 3.8) is 0 Å².